The van der Waals surface area contributed by atoms with Crippen LogP contribution in [0.2, 0.25) is 0 Å². The summed E-state index contributed by atoms with van der Waals surface area (Å²) in [4.78, 5) is 0. The van der Waals surface area contributed by atoms with Gasteiger partial charge in [-0.2, -0.15) is 13.2 Å². The predicted molar refractivity (Wildman–Crippen MR) is 47.4 cm³/mol. The minimum absolute atomic E-state index is 2.63. The van der Waals surface area contributed by atoms with Crippen molar-refractivity contribution in [2.24, 2.45) is 4.74 Å². The zero-order valence-corrected chi connectivity index (χ0v) is 9.59. The fourth-order valence-corrected chi connectivity index (χ4v) is 2.99. The fraction of sp³-hybridized carbons (Fsp3) is 1.00. The van der Waals surface area contributed by atoms with Gasteiger partial charge in [-0.15, -0.1) is 0 Å². The summed E-state index contributed by atoms with van der Waals surface area (Å²) >= 11 is 24.6. The smallest absolute Gasteiger partial charge is 0.213 e. The van der Waals surface area contributed by atoms with E-state index in [2.05, 4.69) is 4.74 Å². The molecule has 1 nitrogen and oxygen atoms in total. The molecule has 0 rings (SSSR count). The van der Waals surface area contributed by atoms with Gasteiger partial charge in [-0.3, -0.25) is 0 Å². The Morgan fingerprint density at radius 1 is 1.00 bits per heavy atom. The summed E-state index contributed by atoms with van der Waals surface area (Å²) in [7, 11) is 0. The van der Waals surface area contributed by atoms with Crippen LogP contribution in [-0.4, -0.2) is 10.6 Å². The van der Waals surface area contributed by atoms with E-state index in [1.54, 1.807) is 0 Å². The third kappa shape index (κ3) is 4.64. The van der Waals surface area contributed by atoms with E-state index >= 15 is 0 Å². The predicted octanol–water partition coefficient (Wildman–Crippen LogP) is 5.34. The number of rotatable bonds is 1. The first-order valence-corrected chi connectivity index (χ1v) is 7.34. The van der Waals surface area contributed by atoms with Gasteiger partial charge in [0.05, 0.1) is 0 Å². The Bertz CT molecular complexity index is 209. The standard InChI is InChI=1S/C2Cl5F3NP/c3-1(4,2(8,9)10)11-12(5,6)7. The number of halogens is 8. The van der Waals surface area contributed by atoms with Crippen molar-refractivity contribution in [2.75, 3.05) is 0 Å². The molecule has 0 bridgehead atoms. The van der Waals surface area contributed by atoms with Gasteiger partial charge in [0, 0.05) is 0 Å². The van der Waals surface area contributed by atoms with E-state index in [4.69, 9.17) is 56.9 Å². The zero-order chi connectivity index (χ0) is 10.2. The van der Waals surface area contributed by atoms with Crippen molar-refractivity contribution in [3.05, 3.63) is 0 Å². The largest absolute Gasteiger partial charge is 0.442 e. The Balaban J connectivity index is 4.91. The molecule has 0 aliphatic heterocycles. The SMILES string of the molecule is FC(F)(F)C(Cl)(Cl)N=P(Cl)(Cl)Cl. The van der Waals surface area contributed by atoms with Gasteiger partial charge in [0.2, 0.25) is 5.11 Å². The van der Waals surface area contributed by atoms with Gasteiger partial charge in [-0.05, 0) is 33.7 Å². The van der Waals surface area contributed by atoms with Crippen LogP contribution in [0.25, 0.3) is 0 Å². The first-order chi connectivity index (χ1) is 4.96. The van der Waals surface area contributed by atoms with Crippen LogP contribution in [0.4, 0.5) is 13.2 Å². The average Bonchev–Trinajstić information content (AvgIpc) is 1.52. The molecule has 74 valence electrons. The number of alkyl halides is 5. The van der Waals surface area contributed by atoms with E-state index in [0.29, 0.717) is 0 Å². The molecule has 0 fully saturated rings. The quantitative estimate of drug-likeness (QED) is 0.352. The molecule has 0 aromatic rings. The highest BCUT2D eigenvalue weighted by Gasteiger charge is 2.54. The van der Waals surface area contributed by atoms with E-state index < -0.39 is 15.7 Å². The Morgan fingerprint density at radius 2 is 1.33 bits per heavy atom. The normalized spacial score (nSPS) is 14.7. The van der Waals surface area contributed by atoms with Gasteiger partial charge >= 0.3 is 10.6 Å². The minimum atomic E-state index is -4.96. The van der Waals surface area contributed by atoms with Crippen molar-refractivity contribution in [1.82, 2.24) is 0 Å². The second-order valence-electron chi connectivity index (χ2n) is 1.56. The molecule has 0 aliphatic carbocycles. The second kappa shape index (κ2) is 3.92. The van der Waals surface area contributed by atoms with Crippen LogP contribution < -0.4 is 0 Å². The minimum Gasteiger partial charge on any atom is -0.213 e. The summed E-state index contributed by atoms with van der Waals surface area (Å²) in [5.41, 5.74) is 0. The first kappa shape index (κ1) is 13.5. The summed E-state index contributed by atoms with van der Waals surface area (Å²) in [5, 5.41) is -3.58. The number of hydrogen-bond acceptors (Lipinski definition) is 1. The Morgan fingerprint density at radius 3 is 1.42 bits per heavy atom. The van der Waals surface area contributed by atoms with Gasteiger partial charge in [0.1, 0.15) is 0 Å². The lowest BCUT2D eigenvalue weighted by Crippen LogP contribution is -2.31. The van der Waals surface area contributed by atoms with E-state index in [0.717, 1.165) is 0 Å². The lowest BCUT2D eigenvalue weighted by atomic mass is 10.6. The Hall–Kier alpha value is 1.47. The summed E-state index contributed by atoms with van der Waals surface area (Å²) in [6.45, 7) is 0. The summed E-state index contributed by atoms with van der Waals surface area (Å²) in [6.07, 6.45) is -4.96. The fourth-order valence-electron chi connectivity index (χ4n) is 0.199. The van der Waals surface area contributed by atoms with Crippen LogP contribution in [0, 0.1) is 0 Å². The van der Waals surface area contributed by atoms with Gasteiger partial charge in [0.15, 0.2) is 0 Å². The molecule has 0 aromatic heterocycles. The molecule has 0 heterocycles. The molecule has 0 aromatic carbocycles. The maximum Gasteiger partial charge on any atom is 0.442 e. The van der Waals surface area contributed by atoms with E-state index in [9.17, 15) is 13.2 Å². The van der Waals surface area contributed by atoms with E-state index in [-0.39, 0.29) is 0 Å². The van der Waals surface area contributed by atoms with Crippen LogP contribution in [0.3, 0.4) is 0 Å². The van der Waals surface area contributed by atoms with Crippen molar-refractivity contribution in [3.63, 3.8) is 0 Å². The molecule has 12 heavy (non-hydrogen) atoms. The number of hydrogen-bond donors (Lipinski definition) is 0. The molecule has 0 saturated carbocycles. The third-order valence-electron chi connectivity index (χ3n) is 0.580. The highest BCUT2D eigenvalue weighted by atomic mass is 36.0. The third-order valence-corrected chi connectivity index (χ3v) is 2.62. The van der Waals surface area contributed by atoms with E-state index in [1.165, 1.54) is 0 Å². The van der Waals surface area contributed by atoms with Crippen molar-refractivity contribution in [3.8, 4) is 0 Å². The lowest BCUT2D eigenvalue weighted by Gasteiger charge is -2.19. The molecular weight excluding hydrogens is 303 g/mol. The summed E-state index contributed by atoms with van der Waals surface area (Å²) < 4.78 is 34.8. The zero-order valence-electron chi connectivity index (χ0n) is 4.92. The second-order valence-corrected chi connectivity index (χ2v) is 9.84. The van der Waals surface area contributed by atoms with Gasteiger partial charge in [-0.25, -0.2) is 4.74 Å². The Labute approximate surface area is 90.5 Å². The van der Waals surface area contributed by atoms with Gasteiger partial charge in [-0.1, -0.05) is 23.2 Å². The maximum absolute atomic E-state index is 11.8. The van der Waals surface area contributed by atoms with Crippen molar-refractivity contribution in [2.45, 2.75) is 10.6 Å². The van der Waals surface area contributed by atoms with Crippen LogP contribution in [0.15, 0.2) is 4.74 Å². The molecule has 0 saturated heterocycles. The molecule has 0 atom stereocenters. The molecule has 0 unspecified atom stereocenters. The monoisotopic (exact) mass is 301 g/mol. The number of nitrogens with zero attached hydrogens (tertiary/aromatic N) is 1. The molecule has 0 N–H and O–H groups in total. The summed E-state index contributed by atoms with van der Waals surface area (Å²) in [5.74, 6) is 0. The topological polar surface area (TPSA) is 12.4 Å². The molecule has 10 heteroatoms. The van der Waals surface area contributed by atoms with Crippen LogP contribution in [0.1, 0.15) is 0 Å². The van der Waals surface area contributed by atoms with Crippen LogP contribution in [0.5, 0.6) is 0 Å². The molecular formula is C2Cl5F3NP. The highest BCUT2D eigenvalue weighted by Crippen LogP contribution is 2.68. The Kier molecular flexibility index (Phi) is 4.39. The molecule has 0 amide bonds. The molecule has 0 aliphatic rings. The van der Waals surface area contributed by atoms with Crippen molar-refractivity contribution >= 4 is 62.0 Å². The lowest BCUT2D eigenvalue weighted by molar-refractivity contribution is -0.139. The first-order valence-electron chi connectivity index (χ1n) is 2.13. The van der Waals surface area contributed by atoms with Crippen LogP contribution in [-0.2, 0) is 0 Å². The van der Waals surface area contributed by atoms with Gasteiger partial charge < -0.3 is 0 Å². The van der Waals surface area contributed by atoms with E-state index in [1.807, 2.05) is 0 Å². The average molecular weight is 303 g/mol. The highest BCUT2D eigenvalue weighted by molar-refractivity contribution is 8.26. The van der Waals surface area contributed by atoms with Crippen molar-refractivity contribution < 1.29 is 13.2 Å². The van der Waals surface area contributed by atoms with Gasteiger partial charge in [0.25, 0.3) is 0 Å². The van der Waals surface area contributed by atoms with Crippen LogP contribution >= 0.6 is 62.0 Å². The van der Waals surface area contributed by atoms with Crippen molar-refractivity contribution in [1.29, 1.82) is 0 Å². The molecule has 0 radical (unpaired) electrons. The summed E-state index contributed by atoms with van der Waals surface area (Å²) in [6, 6.07) is 0. The molecule has 0 spiro atoms. The maximum atomic E-state index is 11.8.